The number of hydrogen-bond donors (Lipinski definition) is 1. The summed E-state index contributed by atoms with van der Waals surface area (Å²) in [6, 6.07) is 6.28. The van der Waals surface area contributed by atoms with Crippen LogP contribution in [0.2, 0.25) is 0 Å². The third-order valence-electron chi connectivity index (χ3n) is 3.01. The number of rotatable bonds is 2. The van der Waals surface area contributed by atoms with Crippen molar-refractivity contribution >= 4 is 11.0 Å². The van der Waals surface area contributed by atoms with Crippen LogP contribution in [0.1, 0.15) is 25.6 Å². The van der Waals surface area contributed by atoms with Crippen LogP contribution in [-0.2, 0) is 0 Å². The molecule has 0 unspecified atom stereocenters. The molecule has 3 rings (SSSR count). The van der Waals surface area contributed by atoms with Gasteiger partial charge in [-0.25, -0.2) is 9.67 Å². The van der Waals surface area contributed by atoms with Crippen molar-refractivity contribution in [3.8, 4) is 11.4 Å². The average Bonchev–Trinajstić information content (AvgIpc) is 2.97. The Labute approximate surface area is 105 Å². The highest BCUT2D eigenvalue weighted by atomic mass is 15.3. The van der Waals surface area contributed by atoms with Gasteiger partial charge in [0.15, 0.2) is 5.65 Å². The Morgan fingerprint density at radius 1 is 1.22 bits per heavy atom. The first-order valence-corrected chi connectivity index (χ1v) is 6.02. The summed E-state index contributed by atoms with van der Waals surface area (Å²) in [7, 11) is 0. The maximum Gasteiger partial charge on any atom is 0.159 e. The van der Waals surface area contributed by atoms with Gasteiger partial charge in [0.1, 0.15) is 0 Å². The fourth-order valence-corrected chi connectivity index (χ4v) is 2.08. The second kappa shape index (κ2) is 3.94. The van der Waals surface area contributed by atoms with E-state index in [-0.39, 0.29) is 0 Å². The lowest BCUT2D eigenvalue weighted by Crippen LogP contribution is -2.04. The van der Waals surface area contributed by atoms with E-state index in [4.69, 9.17) is 0 Å². The number of nitrogens with zero attached hydrogens (tertiary/aromatic N) is 4. The molecule has 5 heteroatoms. The van der Waals surface area contributed by atoms with Crippen LogP contribution in [0.3, 0.4) is 0 Å². The Hall–Kier alpha value is -2.17. The van der Waals surface area contributed by atoms with E-state index in [0.29, 0.717) is 6.04 Å². The molecule has 92 valence electrons. The zero-order valence-electron chi connectivity index (χ0n) is 10.7. The van der Waals surface area contributed by atoms with Gasteiger partial charge >= 0.3 is 0 Å². The molecule has 0 bridgehead atoms. The van der Waals surface area contributed by atoms with Crippen LogP contribution in [0.25, 0.3) is 22.4 Å². The monoisotopic (exact) mass is 241 g/mol. The van der Waals surface area contributed by atoms with Crippen molar-refractivity contribution < 1.29 is 0 Å². The third-order valence-corrected chi connectivity index (χ3v) is 3.01. The molecular weight excluding hydrogens is 226 g/mol. The molecule has 1 N–H and O–H groups in total. The van der Waals surface area contributed by atoms with Crippen LogP contribution in [0.15, 0.2) is 24.4 Å². The van der Waals surface area contributed by atoms with Gasteiger partial charge in [-0.2, -0.15) is 10.2 Å². The molecule has 0 fully saturated rings. The molecule has 0 aromatic carbocycles. The highest BCUT2D eigenvalue weighted by Crippen LogP contribution is 2.23. The largest absolute Gasteiger partial charge is 0.276 e. The third kappa shape index (κ3) is 1.59. The summed E-state index contributed by atoms with van der Waals surface area (Å²) in [5.41, 5.74) is 3.75. The van der Waals surface area contributed by atoms with E-state index >= 15 is 0 Å². The molecule has 3 aromatic heterocycles. The normalized spacial score (nSPS) is 11.6. The smallest absolute Gasteiger partial charge is 0.159 e. The van der Waals surface area contributed by atoms with Crippen molar-refractivity contribution in [2.45, 2.75) is 26.8 Å². The van der Waals surface area contributed by atoms with Gasteiger partial charge in [-0.3, -0.25) is 5.10 Å². The molecule has 3 aromatic rings. The molecule has 0 atom stereocenters. The van der Waals surface area contributed by atoms with E-state index in [2.05, 4.69) is 40.2 Å². The molecule has 0 saturated heterocycles. The van der Waals surface area contributed by atoms with Crippen molar-refractivity contribution in [3.05, 3.63) is 30.1 Å². The molecule has 0 spiro atoms. The first kappa shape index (κ1) is 11.0. The molecule has 0 aliphatic carbocycles. The van der Waals surface area contributed by atoms with Crippen LogP contribution in [-0.4, -0.2) is 25.0 Å². The first-order chi connectivity index (χ1) is 8.66. The molecule has 0 aliphatic rings. The number of fused-ring (bicyclic) bond motifs is 1. The van der Waals surface area contributed by atoms with Crippen molar-refractivity contribution in [3.63, 3.8) is 0 Å². The summed E-state index contributed by atoms with van der Waals surface area (Å²) >= 11 is 0. The van der Waals surface area contributed by atoms with Gasteiger partial charge in [0.2, 0.25) is 0 Å². The van der Waals surface area contributed by atoms with Crippen molar-refractivity contribution in [2.24, 2.45) is 0 Å². The van der Waals surface area contributed by atoms with Crippen molar-refractivity contribution in [1.82, 2.24) is 25.0 Å². The molecule has 0 aliphatic heterocycles. The minimum absolute atomic E-state index is 0.297. The Balaban J connectivity index is 2.25. The number of aromatic nitrogens is 5. The summed E-state index contributed by atoms with van der Waals surface area (Å²) in [6.07, 6.45) is 1.73. The van der Waals surface area contributed by atoms with Crippen molar-refractivity contribution in [1.29, 1.82) is 0 Å². The summed E-state index contributed by atoms with van der Waals surface area (Å²) in [4.78, 5) is 4.69. The van der Waals surface area contributed by atoms with Crippen molar-refractivity contribution in [2.75, 3.05) is 0 Å². The van der Waals surface area contributed by atoms with Crippen LogP contribution in [0.4, 0.5) is 0 Å². The SMILES string of the molecule is Cc1nn(C(C)C)c2nc(-c3ccn[nH]3)ccc12. The molecule has 5 nitrogen and oxygen atoms in total. The van der Waals surface area contributed by atoms with Gasteiger partial charge in [-0.15, -0.1) is 0 Å². The van der Waals surface area contributed by atoms with Crippen LogP contribution in [0, 0.1) is 6.92 Å². The maximum atomic E-state index is 4.69. The van der Waals surface area contributed by atoms with Gasteiger partial charge in [-0.05, 0) is 39.0 Å². The molecule has 0 amide bonds. The summed E-state index contributed by atoms with van der Waals surface area (Å²) < 4.78 is 1.96. The lowest BCUT2D eigenvalue weighted by molar-refractivity contribution is 0.543. The minimum Gasteiger partial charge on any atom is -0.276 e. The van der Waals surface area contributed by atoms with Crippen LogP contribution in [0.5, 0.6) is 0 Å². The number of H-pyrrole nitrogens is 1. The number of hydrogen-bond acceptors (Lipinski definition) is 3. The summed E-state index contributed by atoms with van der Waals surface area (Å²) in [6.45, 7) is 6.23. The van der Waals surface area contributed by atoms with Crippen LogP contribution < -0.4 is 0 Å². The van der Waals surface area contributed by atoms with Gasteiger partial charge in [0.25, 0.3) is 0 Å². The molecule has 0 saturated carbocycles. The molecule has 18 heavy (non-hydrogen) atoms. The number of nitrogens with one attached hydrogen (secondary N) is 1. The van der Waals surface area contributed by atoms with Crippen LogP contribution >= 0.6 is 0 Å². The molecule has 3 heterocycles. The summed E-state index contributed by atoms with van der Waals surface area (Å²) in [5.74, 6) is 0. The fraction of sp³-hybridized carbons (Fsp3) is 0.308. The topological polar surface area (TPSA) is 59.4 Å². The lowest BCUT2D eigenvalue weighted by Gasteiger charge is -2.06. The Morgan fingerprint density at radius 2 is 2.06 bits per heavy atom. The van der Waals surface area contributed by atoms with Gasteiger partial charge in [0.05, 0.1) is 17.1 Å². The lowest BCUT2D eigenvalue weighted by atomic mass is 10.2. The molecule has 0 radical (unpaired) electrons. The highest BCUT2D eigenvalue weighted by Gasteiger charge is 2.12. The van der Waals surface area contributed by atoms with Gasteiger partial charge in [0, 0.05) is 17.6 Å². The van der Waals surface area contributed by atoms with E-state index in [0.717, 1.165) is 28.1 Å². The Kier molecular flexibility index (Phi) is 2.40. The fourth-order valence-electron chi connectivity index (χ4n) is 2.08. The van der Waals surface area contributed by atoms with Gasteiger partial charge < -0.3 is 0 Å². The maximum absolute atomic E-state index is 4.69. The second-order valence-corrected chi connectivity index (χ2v) is 4.66. The average molecular weight is 241 g/mol. The zero-order chi connectivity index (χ0) is 12.7. The Morgan fingerprint density at radius 3 is 2.72 bits per heavy atom. The van der Waals surface area contributed by atoms with E-state index in [9.17, 15) is 0 Å². The Bertz CT molecular complexity index is 679. The predicted molar refractivity (Wildman–Crippen MR) is 70.2 cm³/mol. The number of aromatic amines is 1. The predicted octanol–water partition coefficient (Wildman–Crippen LogP) is 2.71. The number of aryl methyl sites for hydroxylation is 1. The molecular formula is C13H15N5. The number of pyridine rings is 1. The van der Waals surface area contributed by atoms with E-state index in [1.165, 1.54) is 0 Å². The summed E-state index contributed by atoms with van der Waals surface area (Å²) in [5, 5.41) is 12.5. The van der Waals surface area contributed by atoms with E-state index in [1.807, 2.05) is 23.7 Å². The standard InChI is InChI=1S/C13H15N5/c1-8(2)18-13-10(9(3)17-18)4-5-11(15-13)12-6-7-14-16-12/h4-8H,1-3H3,(H,14,16). The van der Waals surface area contributed by atoms with E-state index < -0.39 is 0 Å². The quantitative estimate of drug-likeness (QED) is 0.750. The van der Waals surface area contributed by atoms with E-state index in [1.54, 1.807) is 6.20 Å². The van der Waals surface area contributed by atoms with Gasteiger partial charge in [-0.1, -0.05) is 0 Å². The highest BCUT2D eigenvalue weighted by molar-refractivity contribution is 5.80. The zero-order valence-corrected chi connectivity index (χ0v) is 10.7. The second-order valence-electron chi connectivity index (χ2n) is 4.66. The first-order valence-electron chi connectivity index (χ1n) is 6.02. The minimum atomic E-state index is 0.297.